The van der Waals surface area contributed by atoms with Crippen molar-refractivity contribution in [3.8, 4) is 0 Å². The summed E-state index contributed by atoms with van der Waals surface area (Å²) in [6.07, 6.45) is -0.273. The van der Waals surface area contributed by atoms with Crippen LogP contribution in [0.15, 0.2) is 50.7 Å². The number of nitrogens with zero attached hydrogens (tertiary/aromatic N) is 4. The SMILES string of the molecule is O=C([O-])CCn1c(=O)n(CCN2CCN(c3ccccc3)CC2)c(=O)c2cscc21. The Kier molecular flexibility index (Phi) is 6.01. The van der Waals surface area contributed by atoms with Crippen molar-refractivity contribution in [2.75, 3.05) is 37.6 Å². The Morgan fingerprint density at radius 2 is 1.67 bits per heavy atom. The van der Waals surface area contributed by atoms with Gasteiger partial charge in [-0.3, -0.25) is 18.8 Å². The van der Waals surface area contributed by atoms with E-state index < -0.39 is 11.7 Å². The van der Waals surface area contributed by atoms with Crippen LogP contribution in [0.3, 0.4) is 0 Å². The fourth-order valence-corrected chi connectivity index (χ4v) is 4.68. The Morgan fingerprint density at radius 3 is 2.37 bits per heavy atom. The van der Waals surface area contributed by atoms with E-state index in [2.05, 4.69) is 21.9 Å². The minimum atomic E-state index is -1.22. The van der Waals surface area contributed by atoms with Gasteiger partial charge < -0.3 is 14.8 Å². The molecule has 1 fully saturated rings. The van der Waals surface area contributed by atoms with Crippen molar-refractivity contribution < 1.29 is 9.90 Å². The van der Waals surface area contributed by atoms with Crippen molar-refractivity contribution in [3.05, 3.63) is 61.9 Å². The number of rotatable bonds is 7. The minimum absolute atomic E-state index is 0.00949. The lowest BCUT2D eigenvalue weighted by Gasteiger charge is -2.36. The Morgan fingerprint density at radius 1 is 0.933 bits per heavy atom. The lowest BCUT2D eigenvalue weighted by atomic mass is 10.2. The first-order chi connectivity index (χ1) is 14.5. The Bertz CT molecular complexity index is 1140. The summed E-state index contributed by atoms with van der Waals surface area (Å²) in [5, 5.41) is 14.7. The summed E-state index contributed by atoms with van der Waals surface area (Å²) < 4.78 is 2.60. The van der Waals surface area contributed by atoms with E-state index in [1.54, 1.807) is 10.8 Å². The number of carbonyl (C=O) groups is 1. The molecule has 2 aromatic heterocycles. The number of para-hydroxylation sites is 1. The molecule has 0 radical (unpaired) electrons. The molecule has 0 saturated carbocycles. The molecule has 0 unspecified atom stereocenters. The molecule has 9 heteroatoms. The van der Waals surface area contributed by atoms with E-state index in [0.29, 0.717) is 17.4 Å². The quantitative estimate of drug-likeness (QED) is 0.535. The standard InChI is InChI=1S/C21H24N4O4S/c26-19(27)6-7-24-18-15-30-14-17(18)20(28)25(21(24)29)13-10-22-8-11-23(12-9-22)16-4-2-1-3-5-16/h1-5,14-15H,6-13H2,(H,26,27)/p-1. The summed E-state index contributed by atoms with van der Waals surface area (Å²) in [5.41, 5.74) is 0.912. The zero-order valence-corrected chi connectivity index (χ0v) is 17.3. The number of aliphatic carboxylic acids is 1. The predicted molar refractivity (Wildman–Crippen MR) is 115 cm³/mol. The molecule has 0 aliphatic carbocycles. The molecule has 1 aliphatic heterocycles. The molecule has 1 saturated heterocycles. The zero-order chi connectivity index (χ0) is 21.1. The van der Waals surface area contributed by atoms with Crippen molar-refractivity contribution >= 4 is 33.9 Å². The molecule has 0 amide bonds. The highest BCUT2D eigenvalue weighted by atomic mass is 32.1. The molecular formula is C21H23N4O4S-. The van der Waals surface area contributed by atoms with Crippen LogP contribution in [-0.4, -0.2) is 52.7 Å². The normalized spacial score (nSPS) is 15.0. The van der Waals surface area contributed by atoms with Crippen LogP contribution in [0.2, 0.25) is 0 Å². The van der Waals surface area contributed by atoms with Crippen molar-refractivity contribution in [2.45, 2.75) is 19.5 Å². The van der Waals surface area contributed by atoms with E-state index in [0.717, 1.165) is 26.2 Å². The van der Waals surface area contributed by atoms with Gasteiger partial charge in [0.15, 0.2) is 0 Å². The largest absolute Gasteiger partial charge is 0.550 e. The Labute approximate surface area is 177 Å². The molecule has 30 heavy (non-hydrogen) atoms. The van der Waals surface area contributed by atoms with Crippen LogP contribution in [0.5, 0.6) is 0 Å². The number of thiophene rings is 1. The van der Waals surface area contributed by atoms with Gasteiger partial charge in [0.25, 0.3) is 5.56 Å². The number of piperazine rings is 1. The van der Waals surface area contributed by atoms with E-state index >= 15 is 0 Å². The van der Waals surface area contributed by atoms with Crippen LogP contribution >= 0.6 is 11.3 Å². The van der Waals surface area contributed by atoms with Gasteiger partial charge in [0.05, 0.1) is 10.9 Å². The number of anilines is 1. The molecule has 0 spiro atoms. The smallest absolute Gasteiger partial charge is 0.331 e. The van der Waals surface area contributed by atoms with Crippen LogP contribution in [0, 0.1) is 0 Å². The summed E-state index contributed by atoms with van der Waals surface area (Å²) in [7, 11) is 0. The molecule has 4 rings (SSSR count). The van der Waals surface area contributed by atoms with Crippen LogP contribution in [0.1, 0.15) is 6.42 Å². The lowest BCUT2D eigenvalue weighted by molar-refractivity contribution is -0.305. The average molecular weight is 428 g/mol. The Balaban J connectivity index is 1.47. The maximum absolute atomic E-state index is 12.9. The molecule has 1 aromatic carbocycles. The molecule has 1 aliphatic rings. The van der Waals surface area contributed by atoms with E-state index in [9.17, 15) is 19.5 Å². The average Bonchev–Trinajstić information content (AvgIpc) is 3.24. The topological polar surface area (TPSA) is 90.6 Å². The summed E-state index contributed by atoms with van der Waals surface area (Å²) in [5.74, 6) is -1.22. The number of benzene rings is 1. The monoisotopic (exact) mass is 427 g/mol. The second kappa shape index (κ2) is 8.85. The number of carboxylic acids is 1. The number of carbonyl (C=O) groups excluding carboxylic acids is 1. The minimum Gasteiger partial charge on any atom is -0.550 e. The maximum Gasteiger partial charge on any atom is 0.331 e. The molecule has 158 valence electrons. The first kappa shape index (κ1) is 20.4. The first-order valence-corrected chi connectivity index (χ1v) is 10.9. The summed E-state index contributed by atoms with van der Waals surface area (Å²) in [6.45, 7) is 4.33. The third-order valence-electron chi connectivity index (χ3n) is 5.54. The van der Waals surface area contributed by atoms with Crippen LogP contribution in [-0.2, 0) is 17.9 Å². The number of hydrogen-bond acceptors (Lipinski definition) is 7. The highest BCUT2D eigenvalue weighted by Crippen LogP contribution is 2.16. The predicted octanol–water partition coefficient (Wildman–Crippen LogP) is 0.187. The van der Waals surface area contributed by atoms with Crippen molar-refractivity contribution in [1.29, 1.82) is 0 Å². The van der Waals surface area contributed by atoms with Gasteiger partial charge in [-0.15, -0.1) is 11.3 Å². The van der Waals surface area contributed by atoms with E-state index in [-0.39, 0.29) is 25.1 Å². The fraction of sp³-hybridized carbons (Fsp3) is 0.381. The molecule has 3 aromatic rings. The van der Waals surface area contributed by atoms with Gasteiger partial charge in [-0.1, -0.05) is 18.2 Å². The number of fused-ring (bicyclic) bond motifs is 1. The third-order valence-corrected chi connectivity index (χ3v) is 6.27. The van der Waals surface area contributed by atoms with Gasteiger partial charge in [0.2, 0.25) is 0 Å². The van der Waals surface area contributed by atoms with Gasteiger partial charge in [-0.05, 0) is 12.1 Å². The molecule has 0 bridgehead atoms. The van der Waals surface area contributed by atoms with Gasteiger partial charge in [-0.2, -0.15) is 0 Å². The van der Waals surface area contributed by atoms with E-state index in [4.69, 9.17) is 0 Å². The lowest BCUT2D eigenvalue weighted by Crippen LogP contribution is -2.49. The molecule has 0 N–H and O–H groups in total. The molecular weight excluding hydrogens is 404 g/mol. The highest BCUT2D eigenvalue weighted by Gasteiger charge is 2.19. The van der Waals surface area contributed by atoms with Crippen molar-refractivity contribution in [2.24, 2.45) is 0 Å². The van der Waals surface area contributed by atoms with E-state index in [1.807, 2.05) is 18.2 Å². The summed E-state index contributed by atoms with van der Waals surface area (Å²) in [4.78, 5) is 41.2. The van der Waals surface area contributed by atoms with Gasteiger partial charge >= 0.3 is 5.69 Å². The van der Waals surface area contributed by atoms with Crippen molar-refractivity contribution in [3.63, 3.8) is 0 Å². The number of aromatic nitrogens is 2. The second-order valence-electron chi connectivity index (χ2n) is 7.35. The maximum atomic E-state index is 12.9. The van der Waals surface area contributed by atoms with Gasteiger partial charge in [0, 0.05) is 74.7 Å². The molecule has 0 atom stereocenters. The highest BCUT2D eigenvalue weighted by molar-refractivity contribution is 7.09. The molecule has 3 heterocycles. The van der Waals surface area contributed by atoms with Crippen LogP contribution < -0.4 is 21.3 Å². The number of carboxylic acid groups (broad SMARTS) is 1. The fourth-order valence-electron chi connectivity index (χ4n) is 3.87. The van der Waals surface area contributed by atoms with Crippen LogP contribution in [0.25, 0.3) is 10.9 Å². The zero-order valence-electron chi connectivity index (χ0n) is 16.5. The first-order valence-electron chi connectivity index (χ1n) is 9.96. The van der Waals surface area contributed by atoms with Gasteiger partial charge in [0.1, 0.15) is 0 Å². The van der Waals surface area contributed by atoms with Gasteiger partial charge in [-0.25, -0.2) is 4.79 Å². The molecule has 8 nitrogen and oxygen atoms in total. The number of hydrogen-bond donors (Lipinski definition) is 0. The second-order valence-corrected chi connectivity index (χ2v) is 8.09. The van der Waals surface area contributed by atoms with Crippen molar-refractivity contribution in [1.82, 2.24) is 14.0 Å². The van der Waals surface area contributed by atoms with E-state index in [1.165, 1.54) is 26.2 Å². The number of aryl methyl sites for hydroxylation is 1. The van der Waals surface area contributed by atoms with Crippen LogP contribution in [0.4, 0.5) is 5.69 Å². The summed E-state index contributed by atoms with van der Waals surface area (Å²) >= 11 is 1.33. The Hall–Kier alpha value is -2.91. The summed E-state index contributed by atoms with van der Waals surface area (Å²) in [6, 6.07) is 10.3. The third kappa shape index (κ3) is 4.17.